The molecule has 0 spiro atoms. The van der Waals surface area contributed by atoms with Crippen molar-refractivity contribution >= 4 is 21.4 Å². The Morgan fingerprint density at radius 1 is 1.33 bits per heavy atom. The van der Waals surface area contributed by atoms with Crippen molar-refractivity contribution < 1.29 is 8.42 Å². The molecule has 0 bridgehead atoms. The summed E-state index contributed by atoms with van der Waals surface area (Å²) >= 11 is 0. The normalized spacial score (nSPS) is 17.8. The van der Waals surface area contributed by atoms with Crippen molar-refractivity contribution in [1.82, 2.24) is 9.62 Å². The Kier molecular flexibility index (Phi) is 5.08. The van der Waals surface area contributed by atoms with Gasteiger partial charge < -0.3 is 16.0 Å². The van der Waals surface area contributed by atoms with Crippen molar-refractivity contribution in [2.24, 2.45) is 0 Å². The largest absolute Gasteiger partial charge is 0.399 e. The first kappa shape index (κ1) is 16.1. The van der Waals surface area contributed by atoms with Gasteiger partial charge in [0.15, 0.2) is 0 Å². The maximum absolute atomic E-state index is 12.1. The lowest BCUT2D eigenvalue weighted by molar-refractivity contribution is 0.327. The van der Waals surface area contributed by atoms with Gasteiger partial charge in [0.25, 0.3) is 0 Å². The lowest BCUT2D eigenvalue weighted by Gasteiger charge is -2.23. The molecule has 1 heterocycles. The zero-order valence-corrected chi connectivity index (χ0v) is 13.4. The summed E-state index contributed by atoms with van der Waals surface area (Å²) in [5.41, 5.74) is 6.73. The summed E-state index contributed by atoms with van der Waals surface area (Å²) in [6.07, 6.45) is 2.49. The molecule has 4 N–H and O–H groups in total. The summed E-state index contributed by atoms with van der Waals surface area (Å²) in [4.78, 5) is 2.58. The van der Waals surface area contributed by atoms with Crippen LogP contribution in [0.5, 0.6) is 0 Å². The molecule has 1 unspecified atom stereocenters. The lowest BCUT2D eigenvalue weighted by atomic mass is 10.2. The van der Waals surface area contributed by atoms with E-state index in [4.69, 9.17) is 5.73 Å². The maximum atomic E-state index is 12.1. The van der Waals surface area contributed by atoms with E-state index in [1.807, 2.05) is 0 Å². The second kappa shape index (κ2) is 6.64. The number of nitrogens with two attached hydrogens (primary N) is 1. The second-order valence-electron chi connectivity index (χ2n) is 5.52. The van der Waals surface area contributed by atoms with Gasteiger partial charge in [-0.1, -0.05) is 0 Å². The smallest absolute Gasteiger partial charge is 0.242 e. The van der Waals surface area contributed by atoms with Gasteiger partial charge in [-0.3, -0.25) is 0 Å². The first-order chi connectivity index (χ1) is 9.92. The minimum atomic E-state index is -3.53. The topological polar surface area (TPSA) is 87.5 Å². The molecule has 1 aromatic carbocycles. The van der Waals surface area contributed by atoms with E-state index in [2.05, 4.69) is 21.9 Å². The Bertz CT molecular complexity index is 583. The number of nitrogens with zero attached hydrogens (tertiary/aromatic N) is 1. The number of nitrogen functional groups attached to an aromatic ring is 1. The average molecular weight is 312 g/mol. The van der Waals surface area contributed by atoms with E-state index in [-0.39, 0.29) is 10.9 Å². The Balaban J connectivity index is 2.15. The number of hydrogen-bond donors (Lipinski definition) is 3. The van der Waals surface area contributed by atoms with Crippen LogP contribution < -0.4 is 15.8 Å². The van der Waals surface area contributed by atoms with Crippen LogP contribution in [0.1, 0.15) is 19.8 Å². The fourth-order valence-electron chi connectivity index (χ4n) is 2.65. The summed E-state index contributed by atoms with van der Waals surface area (Å²) in [7, 11) is -2.13. The van der Waals surface area contributed by atoms with E-state index in [0.717, 1.165) is 19.6 Å². The Morgan fingerprint density at radius 2 is 2.00 bits per heavy atom. The number of hydrogen-bond acceptors (Lipinski definition) is 5. The molecule has 1 saturated heterocycles. The predicted octanol–water partition coefficient (Wildman–Crippen LogP) is 1.07. The molecule has 6 nitrogen and oxygen atoms in total. The van der Waals surface area contributed by atoms with Gasteiger partial charge in [-0.15, -0.1) is 0 Å². The van der Waals surface area contributed by atoms with Gasteiger partial charge >= 0.3 is 0 Å². The molecule has 0 aromatic heterocycles. The Labute approximate surface area is 126 Å². The fraction of sp³-hybridized carbons (Fsp3) is 0.571. The molecule has 1 aliphatic rings. The number of nitrogens with one attached hydrogen (secondary N) is 2. The molecular weight excluding hydrogens is 288 g/mol. The molecule has 0 aliphatic carbocycles. The van der Waals surface area contributed by atoms with Crippen LogP contribution >= 0.6 is 0 Å². The third-order valence-corrected chi connectivity index (χ3v) is 5.15. The van der Waals surface area contributed by atoms with Crippen LogP contribution in [0.2, 0.25) is 0 Å². The zero-order valence-electron chi connectivity index (χ0n) is 12.6. The van der Waals surface area contributed by atoms with Crippen molar-refractivity contribution in [2.45, 2.75) is 30.7 Å². The van der Waals surface area contributed by atoms with Crippen LogP contribution in [0.4, 0.5) is 11.4 Å². The van der Waals surface area contributed by atoms with E-state index < -0.39 is 10.0 Å². The molecule has 118 valence electrons. The molecule has 1 aromatic rings. The van der Waals surface area contributed by atoms with Crippen LogP contribution in [0.15, 0.2) is 23.1 Å². The van der Waals surface area contributed by atoms with Crippen molar-refractivity contribution in [3.8, 4) is 0 Å². The molecule has 0 radical (unpaired) electrons. The highest BCUT2D eigenvalue weighted by Crippen LogP contribution is 2.24. The van der Waals surface area contributed by atoms with E-state index in [1.165, 1.54) is 26.0 Å². The van der Waals surface area contributed by atoms with E-state index in [1.54, 1.807) is 12.1 Å². The first-order valence-electron chi connectivity index (χ1n) is 7.24. The third-order valence-electron chi connectivity index (χ3n) is 3.70. The van der Waals surface area contributed by atoms with E-state index in [9.17, 15) is 8.42 Å². The van der Waals surface area contributed by atoms with E-state index in [0.29, 0.717) is 11.4 Å². The standard InChI is InChI=1S/C14H24N4O2S/c1-11(10-18-7-3-4-8-18)17-13-6-5-12(15)9-14(13)21(19,20)16-2/h5-6,9,11,16-17H,3-4,7-8,10,15H2,1-2H3. The van der Waals surface area contributed by atoms with Crippen LogP contribution in [0.25, 0.3) is 0 Å². The van der Waals surface area contributed by atoms with Gasteiger partial charge in [0, 0.05) is 18.3 Å². The molecule has 1 aliphatic heterocycles. The van der Waals surface area contributed by atoms with Crippen LogP contribution in [-0.4, -0.2) is 46.0 Å². The highest BCUT2D eigenvalue weighted by Gasteiger charge is 2.20. The SMILES string of the molecule is CNS(=O)(=O)c1cc(N)ccc1NC(C)CN1CCCC1. The number of likely N-dealkylation sites (tertiary alicyclic amines) is 1. The summed E-state index contributed by atoms with van der Waals surface area (Å²) in [6, 6.07) is 5.08. The van der Waals surface area contributed by atoms with Crippen molar-refractivity contribution in [3.63, 3.8) is 0 Å². The van der Waals surface area contributed by atoms with Gasteiger partial charge in [-0.2, -0.15) is 0 Å². The van der Waals surface area contributed by atoms with Gasteiger partial charge in [0.05, 0.1) is 5.69 Å². The highest BCUT2D eigenvalue weighted by atomic mass is 32.2. The second-order valence-corrected chi connectivity index (χ2v) is 7.37. The summed E-state index contributed by atoms with van der Waals surface area (Å²) in [6.45, 7) is 5.21. The monoisotopic (exact) mass is 312 g/mol. The van der Waals surface area contributed by atoms with Crippen molar-refractivity contribution in [1.29, 1.82) is 0 Å². The zero-order chi connectivity index (χ0) is 15.5. The van der Waals surface area contributed by atoms with Gasteiger partial charge in [0.2, 0.25) is 10.0 Å². The number of sulfonamides is 1. The summed E-state index contributed by atoms with van der Waals surface area (Å²) in [5.74, 6) is 0. The van der Waals surface area contributed by atoms with Crippen molar-refractivity contribution in [3.05, 3.63) is 18.2 Å². The molecule has 0 amide bonds. The number of anilines is 2. The molecule has 7 heteroatoms. The summed E-state index contributed by atoms with van der Waals surface area (Å²) < 4.78 is 26.5. The minimum absolute atomic E-state index is 0.164. The Hall–Kier alpha value is -1.31. The lowest BCUT2D eigenvalue weighted by Crippen LogP contribution is -2.33. The van der Waals surface area contributed by atoms with Gasteiger partial charge in [0.1, 0.15) is 4.90 Å². The Morgan fingerprint density at radius 3 is 2.62 bits per heavy atom. The van der Waals surface area contributed by atoms with Crippen LogP contribution in [0.3, 0.4) is 0 Å². The average Bonchev–Trinajstić information content (AvgIpc) is 2.93. The molecule has 0 saturated carbocycles. The molecule has 1 atom stereocenters. The number of benzene rings is 1. The van der Waals surface area contributed by atoms with Gasteiger partial charge in [-0.05, 0) is 58.1 Å². The maximum Gasteiger partial charge on any atom is 0.242 e. The molecule has 2 rings (SSSR count). The van der Waals surface area contributed by atoms with E-state index >= 15 is 0 Å². The third kappa shape index (κ3) is 4.09. The minimum Gasteiger partial charge on any atom is -0.399 e. The molecule has 21 heavy (non-hydrogen) atoms. The quantitative estimate of drug-likeness (QED) is 0.684. The van der Waals surface area contributed by atoms with Crippen molar-refractivity contribution in [2.75, 3.05) is 37.7 Å². The first-order valence-corrected chi connectivity index (χ1v) is 8.72. The molecular formula is C14H24N4O2S. The summed E-state index contributed by atoms with van der Waals surface area (Å²) in [5, 5.41) is 3.29. The fourth-order valence-corrected chi connectivity index (χ4v) is 3.58. The predicted molar refractivity (Wildman–Crippen MR) is 85.9 cm³/mol. The van der Waals surface area contributed by atoms with Gasteiger partial charge in [-0.25, -0.2) is 13.1 Å². The van der Waals surface area contributed by atoms with Crippen LogP contribution in [-0.2, 0) is 10.0 Å². The highest BCUT2D eigenvalue weighted by molar-refractivity contribution is 7.89. The molecule has 1 fully saturated rings. The van der Waals surface area contributed by atoms with Crippen LogP contribution in [0, 0.1) is 0 Å². The number of rotatable bonds is 6.